The number of esters is 1. The first-order valence-corrected chi connectivity index (χ1v) is 8.27. The van der Waals surface area contributed by atoms with E-state index in [4.69, 9.17) is 4.74 Å². The van der Waals surface area contributed by atoms with Gasteiger partial charge >= 0.3 is 12.1 Å². The number of nitrogens with zero attached hydrogens (tertiary/aromatic N) is 1. The molecule has 0 aliphatic carbocycles. The van der Waals surface area contributed by atoms with E-state index in [9.17, 15) is 14.4 Å². The number of ether oxygens (including phenoxy) is 2. The quantitative estimate of drug-likeness (QED) is 0.612. The van der Waals surface area contributed by atoms with Crippen molar-refractivity contribution >= 4 is 18.0 Å². The van der Waals surface area contributed by atoms with Gasteiger partial charge in [0.15, 0.2) is 0 Å². The lowest BCUT2D eigenvalue weighted by atomic mass is 10.0. The van der Waals surface area contributed by atoms with Crippen molar-refractivity contribution in [3.63, 3.8) is 0 Å². The Morgan fingerprint density at radius 2 is 1.88 bits per heavy atom. The molecule has 2 aliphatic rings. The maximum Gasteiger partial charge on any atom is 0.407 e. The average Bonchev–Trinajstić information content (AvgIpc) is 2.89. The van der Waals surface area contributed by atoms with Gasteiger partial charge in [-0.2, -0.15) is 0 Å². The van der Waals surface area contributed by atoms with Crippen molar-refractivity contribution in [2.24, 2.45) is 0 Å². The maximum absolute atomic E-state index is 12.9. The SMILES string of the molecule is COC(=O)N[C@H]1CC=CC[C@@H]2CC[C@@H](C(=O)OC(C)(C)C)N2C1=O. The molecule has 1 fully saturated rings. The van der Waals surface area contributed by atoms with Crippen LogP contribution in [0.4, 0.5) is 4.79 Å². The Hall–Kier alpha value is -2.05. The first-order chi connectivity index (χ1) is 11.2. The fourth-order valence-corrected chi connectivity index (χ4v) is 3.14. The number of hydrogen-bond acceptors (Lipinski definition) is 5. The van der Waals surface area contributed by atoms with E-state index in [1.165, 1.54) is 7.11 Å². The molecule has 0 spiro atoms. The highest BCUT2D eigenvalue weighted by Gasteiger charge is 2.44. The third kappa shape index (κ3) is 4.27. The zero-order valence-corrected chi connectivity index (χ0v) is 14.7. The highest BCUT2D eigenvalue weighted by Crippen LogP contribution is 2.31. The smallest absolute Gasteiger partial charge is 0.407 e. The van der Waals surface area contributed by atoms with Crippen molar-refractivity contribution < 1.29 is 23.9 Å². The Kier molecular flexibility index (Phi) is 5.51. The molecular formula is C17H26N2O5. The van der Waals surface area contributed by atoms with Gasteiger partial charge in [-0.25, -0.2) is 9.59 Å². The van der Waals surface area contributed by atoms with Crippen molar-refractivity contribution in [2.75, 3.05) is 7.11 Å². The fourth-order valence-electron chi connectivity index (χ4n) is 3.14. The van der Waals surface area contributed by atoms with E-state index in [-0.39, 0.29) is 17.9 Å². The Bertz CT molecular complexity index is 538. The Morgan fingerprint density at radius 3 is 2.50 bits per heavy atom. The first kappa shape index (κ1) is 18.3. The zero-order chi connectivity index (χ0) is 17.9. The van der Waals surface area contributed by atoms with Gasteiger partial charge in [0.1, 0.15) is 17.7 Å². The van der Waals surface area contributed by atoms with E-state index in [1.807, 2.05) is 12.2 Å². The van der Waals surface area contributed by atoms with E-state index >= 15 is 0 Å². The van der Waals surface area contributed by atoms with Crippen LogP contribution in [-0.4, -0.2) is 53.7 Å². The topological polar surface area (TPSA) is 84.9 Å². The maximum atomic E-state index is 12.9. The van der Waals surface area contributed by atoms with Gasteiger partial charge in [0, 0.05) is 6.04 Å². The van der Waals surface area contributed by atoms with Crippen molar-refractivity contribution in [1.29, 1.82) is 0 Å². The summed E-state index contributed by atoms with van der Waals surface area (Å²) in [4.78, 5) is 38.5. The van der Waals surface area contributed by atoms with E-state index in [0.717, 1.165) is 6.42 Å². The average molecular weight is 338 g/mol. The number of carbonyl (C=O) groups is 3. The van der Waals surface area contributed by atoms with Crippen LogP contribution in [0, 0.1) is 0 Å². The summed E-state index contributed by atoms with van der Waals surface area (Å²) in [6, 6.07) is -1.39. The van der Waals surface area contributed by atoms with Crippen molar-refractivity contribution in [3.05, 3.63) is 12.2 Å². The van der Waals surface area contributed by atoms with Crippen LogP contribution in [0.25, 0.3) is 0 Å². The van der Waals surface area contributed by atoms with Crippen molar-refractivity contribution in [3.8, 4) is 0 Å². The summed E-state index contributed by atoms with van der Waals surface area (Å²) in [5.41, 5.74) is -0.607. The Morgan fingerprint density at radius 1 is 1.21 bits per heavy atom. The lowest BCUT2D eigenvalue weighted by molar-refractivity contribution is -0.164. The summed E-state index contributed by atoms with van der Waals surface area (Å²) >= 11 is 0. The van der Waals surface area contributed by atoms with Gasteiger partial charge in [-0.1, -0.05) is 12.2 Å². The largest absolute Gasteiger partial charge is 0.458 e. The van der Waals surface area contributed by atoms with Crippen LogP contribution in [0.15, 0.2) is 12.2 Å². The third-order valence-corrected chi connectivity index (χ3v) is 4.16. The van der Waals surface area contributed by atoms with Gasteiger partial charge in [-0.15, -0.1) is 0 Å². The minimum Gasteiger partial charge on any atom is -0.458 e. The second-order valence-corrected chi connectivity index (χ2v) is 7.16. The zero-order valence-electron chi connectivity index (χ0n) is 14.7. The molecule has 0 unspecified atom stereocenters. The van der Waals surface area contributed by atoms with Gasteiger partial charge in [0.2, 0.25) is 5.91 Å². The van der Waals surface area contributed by atoms with E-state index in [0.29, 0.717) is 19.3 Å². The molecule has 7 heteroatoms. The van der Waals surface area contributed by atoms with Gasteiger partial charge in [-0.05, 0) is 46.5 Å². The first-order valence-electron chi connectivity index (χ1n) is 8.27. The van der Waals surface area contributed by atoms with Gasteiger partial charge < -0.3 is 19.7 Å². The molecule has 134 valence electrons. The summed E-state index contributed by atoms with van der Waals surface area (Å²) in [7, 11) is 1.25. The van der Waals surface area contributed by atoms with Crippen LogP contribution in [-0.2, 0) is 19.1 Å². The van der Waals surface area contributed by atoms with Gasteiger partial charge in [-0.3, -0.25) is 4.79 Å². The van der Waals surface area contributed by atoms with Crippen LogP contribution >= 0.6 is 0 Å². The molecule has 3 atom stereocenters. The second-order valence-electron chi connectivity index (χ2n) is 7.16. The van der Waals surface area contributed by atoms with Crippen LogP contribution in [0.1, 0.15) is 46.5 Å². The van der Waals surface area contributed by atoms with Crippen LogP contribution < -0.4 is 5.32 Å². The molecule has 0 aromatic heterocycles. The number of alkyl carbamates (subject to hydrolysis) is 1. The molecule has 0 bridgehead atoms. The number of fused-ring (bicyclic) bond motifs is 1. The highest BCUT2D eigenvalue weighted by atomic mass is 16.6. The molecule has 0 saturated carbocycles. The standard InChI is InChI=1S/C17H26N2O5/c1-17(2,3)24-15(21)13-10-9-11-7-5-6-8-12(14(20)19(11)13)18-16(22)23-4/h5-6,11-13H,7-10H2,1-4H3,(H,18,22)/t11-,12+,13+/m1/s1. The van der Waals surface area contributed by atoms with Crippen molar-refractivity contribution in [2.45, 2.75) is 70.2 Å². The number of carbonyl (C=O) groups excluding carboxylic acids is 3. The molecule has 2 heterocycles. The van der Waals surface area contributed by atoms with Crippen molar-refractivity contribution in [1.82, 2.24) is 10.2 Å². The molecule has 2 aliphatic heterocycles. The molecule has 2 amide bonds. The minimum atomic E-state index is -0.737. The summed E-state index contributed by atoms with van der Waals surface area (Å²) in [5, 5.41) is 2.55. The normalized spacial score (nSPS) is 27.1. The monoisotopic (exact) mass is 338 g/mol. The molecule has 24 heavy (non-hydrogen) atoms. The van der Waals surface area contributed by atoms with Crippen LogP contribution in [0.2, 0.25) is 0 Å². The molecule has 1 saturated heterocycles. The predicted molar refractivity (Wildman–Crippen MR) is 87.2 cm³/mol. The Labute approximate surface area is 142 Å². The number of nitrogens with one attached hydrogen (secondary N) is 1. The summed E-state index contributed by atoms with van der Waals surface area (Å²) in [5.74, 6) is -0.650. The lowest BCUT2D eigenvalue weighted by Crippen LogP contribution is -2.55. The van der Waals surface area contributed by atoms with Crippen LogP contribution in [0.5, 0.6) is 0 Å². The van der Waals surface area contributed by atoms with Gasteiger partial charge in [0.05, 0.1) is 7.11 Å². The van der Waals surface area contributed by atoms with E-state index in [2.05, 4.69) is 10.1 Å². The molecule has 0 aromatic rings. The van der Waals surface area contributed by atoms with Crippen LogP contribution in [0.3, 0.4) is 0 Å². The van der Waals surface area contributed by atoms with Gasteiger partial charge in [0.25, 0.3) is 0 Å². The third-order valence-electron chi connectivity index (χ3n) is 4.16. The lowest BCUT2D eigenvalue weighted by Gasteiger charge is -2.34. The summed E-state index contributed by atoms with van der Waals surface area (Å²) in [6.07, 6.45) is 5.61. The summed E-state index contributed by atoms with van der Waals surface area (Å²) < 4.78 is 10.1. The molecular weight excluding hydrogens is 312 g/mol. The summed E-state index contributed by atoms with van der Waals surface area (Å²) in [6.45, 7) is 5.41. The molecule has 0 radical (unpaired) electrons. The molecule has 1 N–H and O–H groups in total. The predicted octanol–water partition coefficient (Wildman–Crippen LogP) is 1.76. The Balaban J connectivity index is 2.20. The van der Waals surface area contributed by atoms with E-state index in [1.54, 1.807) is 25.7 Å². The number of rotatable bonds is 2. The number of amides is 2. The highest BCUT2D eigenvalue weighted by molar-refractivity contribution is 5.90. The fraction of sp³-hybridized carbons (Fsp3) is 0.706. The number of methoxy groups -OCH3 is 1. The minimum absolute atomic E-state index is 0.0477. The second kappa shape index (κ2) is 7.23. The molecule has 0 aromatic carbocycles. The molecule has 2 rings (SSSR count). The number of hydrogen-bond donors (Lipinski definition) is 1. The van der Waals surface area contributed by atoms with E-state index < -0.39 is 23.8 Å². The molecule has 7 nitrogen and oxygen atoms in total.